The Morgan fingerprint density at radius 3 is 2.53 bits per heavy atom. The first-order chi connectivity index (χ1) is 9.00. The van der Waals surface area contributed by atoms with Crippen LogP contribution in [-0.2, 0) is 10.0 Å². The molecular weight excluding hydrogens is 268 g/mol. The van der Waals surface area contributed by atoms with Crippen molar-refractivity contribution < 1.29 is 13.3 Å². The van der Waals surface area contributed by atoms with Gasteiger partial charge in [-0.25, -0.2) is 13.1 Å². The second-order valence-electron chi connectivity index (χ2n) is 4.73. The van der Waals surface area contributed by atoms with Gasteiger partial charge in [0.1, 0.15) is 0 Å². The van der Waals surface area contributed by atoms with Crippen molar-refractivity contribution in [3.63, 3.8) is 0 Å². The molecule has 1 N–H and O–H groups in total. The van der Waals surface area contributed by atoms with Crippen LogP contribution in [0.25, 0.3) is 0 Å². The molecule has 1 saturated carbocycles. The molecule has 0 atom stereocenters. The molecule has 0 radical (unpaired) electrons. The number of nitro benzene ring substituents is 1. The summed E-state index contributed by atoms with van der Waals surface area (Å²) in [5.41, 5.74) is -0.388. The van der Waals surface area contributed by atoms with Crippen LogP contribution in [0.15, 0.2) is 29.2 Å². The molecule has 6 nitrogen and oxygen atoms in total. The number of para-hydroxylation sites is 1. The largest absolute Gasteiger partial charge is 0.289 e. The number of nitro groups is 1. The van der Waals surface area contributed by atoms with Gasteiger partial charge in [-0.1, -0.05) is 25.0 Å². The van der Waals surface area contributed by atoms with Gasteiger partial charge in [-0.15, -0.1) is 0 Å². The highest BCUT2D eigenvalue weighted by molar-refractivity contribution is 7.89. The Hall–Kier alpha value is -1.47. The minimum atomic E-state index is -3.82. The van der Waals surface area contributed by atoms with Gasteiger partial charge in [0.05, 0.1) is 4.92 Å². The van der Waals surface area contributed by atoms with Crippen LogP contribution in [0.2, 0.25) is 0 Å². The number of hydrogen-bond donors (Lipinski definition) is 1. The van der Waals surface area contributed by atoms with Gasteiger partial charge in [-0.05, 0) is 24.8 Å². The smallest absolute Gasteiger partial charge is 0.258 e. The number of nitrogens with zero attached hydrogens (tertiary/aromatic N) is 1. The molecule has 0 aliphatic heterocycles. The summed E-state index contributed by atoms with van der Waals surface area (Å²) < 4.78 is 26.7. The maximum absolute atomic E-state index is 12.1. The molecular formula is C12H16N2O4S. The molecule has 1 fully saturated rings. The van der Waals surface area contributed by atoms with E-state index < -0.39 is 14.9 Å². The Kier molecular flexibility index (Phi) is 4.16. The number of hydrogen-bond acceptors (Lipinski definition) is 4. The summed E-state index contributed by atoms with van der Waals surface area (Å²) in [6.45, 7) is 0.356. The molecule has 0 amide bonds. The van der Waals surface area contributed by atoms with Crippen LogP contribution in [0.3, 0.4) is 0 Å². The van der Waals surface area contributed by atoms with E-state index in [-0.39, 0.29) is 10.6 Å². The average Bonchev–Trinajstić information content (AvgIpc) is 2.89. The third-order valence-electron chi connectivity index (χ3n) is 3.39. The average molecular weight is 284 g/mol. The van der Waals surface area contributed by atoms with E-state index in [4.69, 9.17) is 0 Å². The van der Waals surface area contributed by atoms with E-state index in [2.05, 4.69) is 4.72 Å². The minimum absolute atomic E-state index is 0.266. The summed E-state index contributed by atoms with van der Waals surface area (Å²) in [4.78, 5) is 9.90. The quantitative estimate of drug-likeness (QED) is 0.662. The van der Waals surface area contributed by atoms with Crippen LogP contribution < -0.4 is 4.72 Å². The highest BCUT2D eigenvalue weighted by Gasteiger charge is 2.26. The van der Waals surface area contributed by atoms with Gasteiger partial charge in [0.2, 0.25) is 10.0 Å². The van der Waals surface area contributed by atoms with Crippen molar-refractivity contribution in [1.82, 2.24) is 4.72 Å². The number of sulfonamides is 1. The predicted octanol–water partition coefficient (Wildman–Crippen LogP) is 2.06. The first kappa shape index (κ1) is 14.0. The molecule has 0 bridgehead atoms. The molecule has 0 aromatic heterocycles. The lowest BCUT2D eigenvalue weighted by atomic mass is 10.1. The summed E-state index contributed by atoms with van der Waals surface area (Å²) >= 11 is 0. The van der Waals surface area contributed by atoms with E-state index in [9.17, 15) is 18.5 Å². The number of benzene rings is 1. The first-order valence-corrected chi connectivity index (χ1v) is 7.72. The number of nitrogens with one attached hydrogen (secondary N) is 1. The minimum Gasteiger partial charge on any atom is -0.258 e. The lowest BCUT2D eigenvalue weighted by Gasteiger charge is -2.11. The Bertz CT molecular complexity index is 565. The maximum Gasteiger partial charge on any atom is 0.289 e. The lowest BCUT2D eigenvalue weighted by molar-refractivity contribution is -0.387. The SMILES string of the molecule is O=[N+]([O-])c1ccccc1S(=O)(=O)NCC1CCCC1. The highest BCUT2D eigenvalue weighted by Crippen LogP contribution is 2.26. The monoisotopic (exact) mass is 284 g/mol. The van der Waals surface area contributed by atoms with Crippen molar-refractivity contribution >= 4 is 15.7 Å². The van der Waals surface area contributed by atoms with Gasteiger partial charge in [0.25, 0.3) is 5.69 Å². The summed E-state index contributed by atoms with van der Waals surface area (Å²) in [5.74, 6) is 0.345. The van der Waals surface area contributed by atoms with Crippen molar-refractivity contribution in [2.45, 2.75) is 30.6 Å². The molecule has 7 heteroatoms. The van der Waals surface area contributed by atoms with E-state index in [1.54, 1.807) is 0 Å². The molecule has 104 valence electrons. The molecule has 1 aliphatic carbocycles. The summed E-state index contributed by atoms with van der Waals surface area (Å²) in [7, 11) is -3.82. The fourth-order valence-corrected chi connectivity index (χ4v) is 3.64. The molecule has 2 rings (SSSR count). The zero-order valence-electron chi connectivity index (χ0n) is 10.4. The Labute approximate surface area is 112 Å². The highest BCUT2D eigenvalue weighted by atomic mass is 32.2. The van der Waals surface area contributed by atoms with Gasteiger partial charge < -0.3 is 0 Å². The van der Waals surface area contributed by atoms with Crippen LogP contribution >= 0.6 is 0 Å². The maximum atomic E-state index is 12.1. The van der Waals surface area contributed by atoms with Crippen LogP contribution in [0.4, 0.5) is 5.69 Å². The fourth-order valence-electron chi connectivity index (χ4n) is 2.36. The second-order valence-corrected chi connectivity index (χ2v) is 6.46. The predicted molar refractivity (Wildman–Crippen MR) is 70.2 cm³/mol. The van der Waals surface area contributed by atoms with Crippen LogP contribution in [0.1, 0.15) is 25.7 Å². The first-order valence-electron chi connectivity index (χ1n) is 6.24. The van der Waals surface area contributed by atoms with E-state index in [1.807, 2.05) is 0 Å². The summed E-state index contributed by atoms with van der Waals surface area (Å²) in [5, 5.41) is 10.8. The van der Waals surface area contributed by atoms with E-state index in [0.29, 0.717) is 12.5 Å². The summed E-state index contributed by atoms with van der Waals surface area (Å²) in [6.07, 6.45) is 4.27. The van der Waals surface area contributed by atoms with Gasteiger partial charge in [0, 0.05) is 12.6 Å². The molecule has 1 aliphatic rings. The van der Waals surface area contributed by atoms with Crippen molar-refractivity contribution in [3.8, 4) is 0 Å². The van der Waals surface area contributed by atoms with E-state index in [1.165, 1.54) is 24.3 Å². The van der Waals surface area contributed by atoms with Crippen molar-refractivity contribution in [1.29, 1.82) is 0 Å². The molecule has 0 saturated heterocycles. The van der Waals surface area contributed by atoms with Crippen LogP contribution in [-0.4, -0.2) is 19.9 Å². The van der Waals surface area contributed by atoms with Crippen molar-refractivity contribution in [2.75, 3.05) is 6.54 Å². The molecule has 1 aromatic carbocycles. The van der Waals surface area contributed by atoms with E-state index in [0.717, 1.165) is 25.7 Å². The summed E-state index contributed by atoms with van der Waals surface area (Å²) in [6, 6.07) is 5.39. The standard InChI is InChI=1S/C12H16N2O4S/c15-14(16)11-7-3-4-8-12(11)19(17,18)13-9-10-5-1-2-6-10/h3-4,7-8,10,13H,1-2,5-6,9H2. The van der Waals surface area contributed by atoms with Gasteiger partial charge >= 0.3 is 0 Å². The van der Waals surface area contributed by atoms with Crippen LogP contribution in [0, 0.1) is 16.0 Å². The lowest BCUT2D eigenvalue weighted by Crippen LogP contribution is -2.29. The third-order valence-corrected chi connectivity index (χ3v) is 4.86. The topological polar surface area (TPSA) is 89.3 Å². The number of rotatable bonds is 5. The molecule has 0 heterocycles. The van der Waals surface area contributed by atoms with Gasteiger partial charge in [-0.3, -0.25) is 10.1 Å². The normalized spacial score (nSPS) is 16.6. The molecule has 0 unspecified atom stereocenters. The van der Waals surface area contributed by atoms with Crippen LogP contribution in [0.5, 0.6) is 0 Å². The van der Waals surface area contributed by atoms with E-state index >= 15 is 0 Å². The molecule has 0 spiro atoms. The van der Waals surface area contributed by atoms with Gasteiger partial charge in [0.15, 0.2) is 4.90 Å². The second kappa shape index (κ2) is 5.66. The molecule has 1 aromatic rings. The fraction of sp³-hybridized carbons (Fsp3) is 0.500. The zero-order chi connectivity index (χ0) is 13.9. The Balaban J connectivity index is 2.17. The molecule has 19 heavy (non-hydrogen) atoms. The van der Waals surface area contributed by atoms with Crippen molar-refractivity contribution in [3.05, 3.63) is 34.4 Å². The van der Waals surface area contributed by atoms with Crippen molar-refractivity contribution in [2.24, 2.45) is 5.92 Å². The third kappa shape index (κ3) is 3.30. The Morgan fingerprint density at radius 2 is 1.89 bits per heavy atom. The Morgan fingerprint density at radius 1 is 1.26 bits per heavy atom. The van der Waals surface area contributed by atoms with Gasteiger partial charge in [-0.2, -0.15) is 0 Å². The zero-order valence-corrected chi connectivity index (χ0v) is 11.2.